The van der Waals surface area contributed by atoms with Crippen molar-refractivity contribution >= 4 is 15.8 Å². The topological polar surface area (TPSA) is 60.4 Å². The lowest BCUT2D eigenvalue weighted by Gasteiger charge is -2.05. The highest BCUT2D eigenvalue weighted by Crippen LogP contribution is 2.14. The van der Waals surface area contributed by atoms with Gasteiger partial charge in [-0.2, -0.15) is 0 Å². The maximum Gasteiger partial charge on any atom is 0.305 e. The van der Waals surface area contributed by atoms with Crippen molar-refractivity contribution in [3.8, 4) is 0 Å². The Kier molecular flexibility index (Phi) is 9.60. The van der Waals surface area contributed by atoms with Gasteiger partial charge in [-0.15, -0.1) is 0 Å². The number of unbranched alkanes of at least 4 members (excludes halogenated alkanes) is 7. The Morgan fingerprint density at radius 1 is 0.870 bits per heavy atom. The highest BCUT2D eigenvalue weighted by atomic mass is 32.2. The molecule has 0 aliphatic carbocycles. The minimum atomic E-state index is -3.12. The van der Waals surface area contributed by atoms with Gasteiger partial charge in [-0.1, -0.05) is 56.7 Å². The molecule has 0 atom stereocenters. The molecule has 0 bridgehead atoms. The van der Waals surface area contributed by atoms with Crippen LogP contribution in [0.3, 0.4) is 0 Å². The zero-order chi connectivity index (χ0) is 17.0. The fourth-order valence-electron chi connectivity index (χ4n) is 2.47. The summed E-state index contributed by atoms with van der Waals surface area (Å²) in [5.74, 6) is 0.0977. The Balaban J connectivity index is 2.00. The first-order valence-corrected chi connectivity index (χ1v) is 10.1. The van der Waals surface area contributed by atoms with Gasteiger partial charge in [-0.05, 0) is 25.0 Å². The first-order chi connectivity index (χ1) is 11.1. The molecule has 1 rings (SSSR count). The molecule has 0 fully saturated rings. The normalized spacial score (nSPS) is 11.3. The quantitative estimate of drug-likeness (QED) is 0.424. The van der Waals surface area contributed by atoms with Crippen LogP contribution in [-0.2, 0) is 19.4 Å². The predicted octanol–water partition coefficient (Wildman–Crippen LogP) is 4.14. The zero-order valence-corrected chi connectivity index (χ0v) is 14.8. The van der Waals surface area contributed by atoms with Gasteiger partial charge in [0.1, 0.15) is 0 Å². The number of hydrogen-bond donors (Lipinski definition) is 0. The van der Waals surface area contributed by atoms with Crippen LogP contribution < -0.4 is 0 Å². The van der Waals surface area contributed by atoms with E-state index in [-0.39, 0.29) is 11.7 Å². The first kappa shape index (κ1) is 19.7. The van der Waals surface area contributed by atoms with Crippen LogP contribution in [0.5, 0.6) is 0 Å². The average molecular weight is 340 g/mol. The van der Waals surface area contributed by atoms with E-state index in [0.29, 0.717) is 11.3 Å². The molecule has 4 nitrogen and oxygen atoms in total. The lowest BCUT2D eigenvalue weighted by atomic mass is 10.1. The van der Waals surface area contributed by atoms with E-state index in [0.717, 1.165) is 51.4 Å². The van der Waals surface area contributed by atoms with Gasteiger partial charge < -0.3 is 4.74 Å². The Morgan fingerprint density at radius 2 is 1.39 bits per heavy atom. The van der Waals surface area contributed by atoms with Crippen molar-refractivity contribution in [3.05, 3.63) is 30.3 Å². The largest absolute Gasteiger partial charge is 0.469 e. The molecule has 0 unspecified atom stereocenters. The number of esters is 1. The molecule has 0 aliphatic heterocycles. The SMILES string of the molecule is COC(=O)CCCCCCCCCCS(=O)(=O)c1ccccc1. The summed E-state index contributed by atoms with van der Waals surface area (Å²) in [6, 6.07) is 8.65. The third kappa shape index (κ3) is 8.74. The molecule has 1 aromatic rings. The van der Waals surface area contributed by atoms with Gasteiger partial charge in [-0.25, -0.2) is 8.42 Å². The van der Waals surface area contributed by atoms with Crippen molar-refractivity contribution in [2.75, 3.05) is 12.9 Å². The molecule has 0 aliphatic rings. The van der Waals surface area contributed by atoms with Crippen molar-refractivity contribution in [2.24, 2.45) is 0 Å². The van der Waals surface area contributed by atoms with Crippen molar-refractivity contribution in [1.29, 1.82) is 0 Å². The second kappa shape index (κ2) is 11.2. The maximum absolute atomic E-state index is 12.1. The smallest absolute Gasteiger partial charge is 0.305 e. The molecule has 0 radical (unpaired) electrons. The second-order valence-electron chi connectivity index (χ2n) is 5.79. The summed E-state index contributed by atoms with van der Waals surface area (Å²) in [7, 11) is -1.70. The fraction of sp³-hybridized carbons (Fsp3) is 0.611. The minimum absolute atomic E-state index is 0.135. The molecule has 0 saturated heterocycles. The van der Waals surface area contributed by atoms with Crippen molar-refractivity contribution in [1.82, 2.24) is 0 Å². The monoisotopic (exact) mass is 340 g/mol. The van der Waals surface area contributed by atoms with Gasteiger partial charge in [0, 0.05) is 6.42 Å². The Hall–Kier alpha value is -1.36. The van der Waals surface area contributed by atoms with Crippen molar-refractivity contribution < 1.29 is 17.9 Å². The predicted molar refractivity (Wildman–Crippen MR) is 92.1 cm³/mol. The first-order valence-electron chi connectivity index (χ1n) is 8.41. The highest BCUT2D eigenvalue weighted by Gasteiger charge is 2.12. The van der Waals surface area contributed by atoms with E-state index in [1.54, 1.807) is 24.3 Å². The molecule has 0 saturated carbocycles. The second-order valence-corrected chi connectivity index (χ2v) is 7.90. The van der Waals surface area contributed by atoms with E-state index in [1.807, 2.05) is 6.07 Å². The molecule has 5 heteroatoms. The molecule has 1 aromatic carbocycles. The van der Waals surface area contributed by atoms with Gasteiger partial charge in [0.05, 0.1) is 17.8 Å². The van der Waals surface area contributed by atoms with Crippen LogP contribution in [0.4, 0.5) is 0 Å². The molecular weight excluding hydrogens is 312 g/mol. The lowest BCUT2D eigenvalue weighted by Crippen LogP contribution is -2.06. The summed E-state index contributed by atoms with van der Waals surface area (Å²) in [5.41, 5.74) is 0. The van der Waals surface area contributed by atoms with E-state index >= 15 is 0 Å². The number of benzene rings is 1. The number of carbonyl (C=O) groups excluding carboxylic acids is 1. The summed E-state index contributed by atoms with van der Waals surface area (Å²) in [5, 5.41) is 0. The Bertz CT molecular complexity index is 537. The fourth-order valence-corrected chi connectivity index (χ4v) is 3.86. The van der Waals surface area contributed by atoms with E-state index in [9.17, 15) is 13.2 Å². The summed E-state index contributed by atoms with van der Waals surface area (Å²) in [4.78, 5) is 11.4. The molecule has 0 spiro atoms. The van der Waals surface area contributed by atoms with Crippen molar-refractivity contribution in [2.45, 2.75) is 62.7 Å². The van der Waals surface area contributed by atoms with E-state index < -0.39 is 9.84 Å². The standard InChI is InChI=1S/C18H28O4S/c1-22-18(19)15-11-6-4-2-3-5-7-12-16-23(20,21)17-13-9-8-10-14-17/h8-10,13-14H,2-7,11-12,15-16H2,1H3. The van der Waals surface area contributed by atoms with E-state index in [1.165, 1.54) is 7.11 Å². The van der Waals surface area contributed by atoms with Crippen LogP contribution in [-0.4, -0.2) is 27.2 Å². The van der Waals surface area contributed by atoms with Gasteiger partial charge in [-0.3, -0.25) is 4.79 Å². The Morgan fingerprint density at radius 3 is 1.96 bits per heavy atom. The van der Waals surface area contributed by atoms with Crippen LogP contribution >= 0.6 is 0 Å². The molecule has 130 valence electrons. The maximum atomic E-state index is 12.1. The highest BCUT2D eigenvalue weighted by molar-refractivity contribution is 7.91. The number of rotatable bonds is 12. The van der Waals surface area contributed by atoms with Gasteiger partial charge in [0.15, 0.2) is 9.84 Å². The van der Waals surface area contributed by atoms with Crippen LogP contribution in [0.1, 0.15) is 57.8 Å². The average Bonchev–Trinajstić information content (AvgIpc) is 2.57. The Labute approximate surface area is 140 Å². The van der Waals surface area contributed by atoms with E-state index in [4.69, 9.17) is 0 Å². The molecular formula is C18H28O4S. The number of methoxy groups -OCH3 is 1. The molecule has 0 aromatic heterocycles. The number of carbonyl (C=O) groups is 1. The molecule has 0 N–H and O–H groups in total. The molecule has 0 heterocycles. The number of hydrogen-bond acceptors (Lipinski definition) is 4. The summed E-state index contributed by atoms with van der Waals surface area (Å²) in [6.07, 6.45) is 8.60. The van der Waals surface area contributed by atoms with Crippen molar-refractivity contribution in [3.63, 3.8) is 0 Å². The third-order valence-electron chi connectivity index (χ3n) is 3.87. The van der Waals surface area contributed by atoms with Gasteiger partial charge in [0.2, 0.25) is 0 Å². The number of sulfone groups is 1. The summed E-state index contributed by atoms with van der Waals surface area (Å²) >= 11 is 0. The summed E-state index contributed by atoms with van der Waals surface area (Å²) in [6.45, 7) is 0. The van der Waals surface area contributed by atoms with Gasteiger partial charge in [0.25, 0.3) is 0 Å². The molecule has 23 heavy (non-hydrogen) atoms. The zero-order valence-electron chi connectivity index (χ0n) is 14.0. The van der Waals surface area contributed by atoms with Crippen LogP contribution in [0.25, 0.3) is 0 Å². The molecule has 0 amide bonds. The third-order valence-corrected chi connectivity index (χ3v) is 5.69. The minimum Gasteiger partial charge on any atom is -0.469 e. The van der Waals surface area contributed by atoms with Crippen LogP contribution in [0, 0.1) is 0 Å². The number of ether oxygens (including phenoxy) is 1. The van der Waals surface area contributed by atoms with E-state index in [2.05, 4.69) is 4.74 Å². The van der Waals surface area contributed by atoms with Crippen LogP contribution in [0.2, 0.25) is 0 Å². The van der Waals surface area contributed by atoms with Gasteiger partial charge >= 0.3 is 5.97 Å². The lowest BCUT2D eigenvalue weighted by molar-refractivity contribution is -0.140. The summed E-state index contributed by atoms with van der Waals surface area (Å²) < 4.78 is 28.8. The van der Waals surface area contributed by atoms with Crippen LogP contribution in [0.15, 0.2) is 35.2 Å².